The van der Waals surface area contributed by atoms with Crippen molar-refractivity contribution in [3.63, 3.8) is 0 Å². The fourth-order valence-electron chi connectivity index (χ4n) is 3.98. The maximum absolute atomic E-state index is 5.77. The average molecular weight is 540 g/mol. The summed E-state index contributed by atoms with van der Waals surface area (Å²) in [5.41, 5.74) is 1.43. The van der Waals surface area contributed by atoms with Gasteiger partial charge in [0, 0.05) is 32.2 Å². The lowest BCUT2D eigenvalue weighted by molar-refractivity contribution is 0.113. The van der Waals surface area contributed by atoms with E-state index in [1.807, 2.05) is 18.5 Å². The van der Waals surface area contributed by atoms with E-state index < -0.39 is 0 Å². The largest absolute Gasteiger partial charge is 0.376 e. The molecular weight excluding hydrogens is 503 g/mol. The Morgan fingerprint density at radius 3 is 2.52 bits per heavy atom. The standard InChI is InChI=1S/C23H36N6O.HI/c1-5-23(6-2,19-11-8-7-9-12-19)17-26-22(24-15-20-13-10-14-30-20)25-16-21-28-27-18(3)29(21)4;/h7-9,11-12,20H,5-6,10,13-17H2,1-4H3,(H2,24,25,26);1H. The van der Waals surface area contributed by atoms with Crippen molar-refractivity contribution in [3.8, 4) is 0 Å². The summed E-state index contributed by atoms with van der Waals surface area (Å²) >= 11 is 0. The zero-order chi connectivity index (χ0) is 21.4. The first-order valence-corrected chi connectivity index (χ1v) is 11.1. The molecule has 1 aromatic carbocycles. The molecule has 1 atom stereocenters. The van der Waals surface area contributed by atoms with Gasteiger partial charge < -0.3 is 19.9 Å². The highest BCUT2D eigenvalue weighted by atomic mass is 127. The molecule has 1 aliphatic heterocycles. The van der Waals surface area contributed by atoms with E-state index >= 15 is 0 Å². The number of ether oxygens (including phenoxy) is 1. The van der Waals surface area contributed by atoms with E-state index in [1.54, 1.807) is 0 Å². The van der Waals surface area contributed by atoms with Crippen molar-refractivity contribution in [3.05, 3.63) is 47.5 Å². The molecule has 2 heterocycles. The molecule has 1 unspecified atom stereocenters. The van der Waals surface area contributed by atoms with E-state index in [0.717, 1.165) is 63.0 Å². The van der Waals surface area contributed by atoms with Crippen molar-refractivity contribution in [2.75, 3.05) is 19.7 Å². The molecule has 1 fully saturated rings. The highest BCUT2D eigenvalue weighted by Crippen LogP contribution is 2.30. The summed E-state index contributed by atoms with van der Waals surface area (Å²) in [6, 6.07) is 10.8. The lowest BCUT2D eigenvalue weighted by Gasteiger charge is -2.33. The summed E-state index contributed by atoms with van der Waals surface area (Å²) in [5.74, 6) is 2.54. The number of halogens is 1. The summed E-state index contributed by atoms with van der Waals surface area (Å²) in [6.07, 6.45) is 4.60. The van der Waals surface area contributed by atoms with Crippen molar-refractivity contribution in [2.24, 2.45) is 12.0 Å². The Bertz CT molecular complexity index is 813. The van der Waals surface area contributed by atoms with Gasteiger partial charge in [0.2, 0.25) is 0 Å². The number of aliphatic imine (C=N–C) groups is 1. The number of nitrogens with one attached hydrogen (secondary N) is 2. The van der Waals surface area contributed by atoms with Crippen LogP contribution in [0.2, 0.25) is 0 Å². The summed E-state index contributed by atoms with van der Waals surface area (Å²) in [6.45, 7) is 9.39. The molecule has 3 rings (SSSR count). The minimum absolute atomic E-state index is 0. The van der Waals surface area contributed by atoms with Crippen LogP contribution in [0.3, 0.4) is 0 Å². The number of aryl methyl sites for hydroxylation is 1. The minimum Gasteiger partial charge on any atom is -0.376 e. The Balaban J connectivity index is 0.00000341. The molecule has 8 heteroatoms. The van der Waals surface area contributed by atoms with E-state index in [9.17, 15) is 0 Å². The Hall–Kier alpha value is -1.68. The minimum atomic E-state index is 0. The molecule has 1 saturated heterocycles. The fourth-order valence-corrected chi connectivity index (χ4v) is 3.98. The van der Waals surface area contributed by atoms with E-state index in [4.69, 9.17) is 9.73 Å². The van der Waals surface area contributed by atoms with Crippen molar-refractivity contribution < 1.29 is 4.74 Å². The third kappa shape index (κ3) is 6.65. The number of guanidine groups is 1. The van der Waals surface area contributed by atoms with Gasteiger partial charge in [0.1, 0.15) is 12.4 Å². The Labute approximate surface area is 203 Å². The number of rotatable bonds is 9. The quantitative estimate of drug-likeness (QED) is 0.288. The van der Waals surface area contributed by atoms with Crippen molar-refractivity contribution in [1.82, 2.24) is 25.4 Å². The van der Waals surface area contributed by atoms with Crippen molar-refractivity contribution >= 4 is 29.9 Å². The zero-order valence-corrected chi connectivity index (χ0v) is 21.6. The molecule has 2 N–H and O–H groups in total. The third-order valence-electron chi connectivity index (χ3n) is 6.42. The van der Waals surface area contributed by atoms with Gasteiger partial charge in [-0.25, -0.2) is 4.99 Å². The maximum Gasteiger partial charge on any atom is 0.191 e. The van der Waals surface area contributed by atoms with Crippen molar-refractivity contribution in [1.29, 1.82) is 0 Å². The fraction of sp³-hybridized carbons (Fsp3) is 0.609. The number of nitrogens with zero attached hydrogens (tertiary/aromatic N) is 4. The molecule has 1 aliphatic rings. The lowest BCUT2D eigenvalue weighted by atomic mass is 9.76. The summed E-state index contributed by atoms with van der Waals surface area (Å²) in [7, 11) is 1.97. The molecular formula is C23H37IN6O. The van der Waals surface area contributed by atoms with E-state index in [2.05, 4.69) is 65.0 Å². The third-order valence-corrected chi connectivity index (χ3v) is 6.42. The molecule has 7 nitrogen and oxygen atoms in total. The topological polar surface area (TPSA) is 76.4 Å². The van der Waals surface area contributed by atoms with E-state index in [1.165, 1.54) is 5.56 Å². The zero-order valence-electron chi connectivity index (χ0n) is 19.2. The van der Waals surface area contributed by atoms with Gasteiger partial charge in [0.05, 0.1) is 6.10 Å². The van der Waals surface area contributed by atoms with Crippen LogP contribution in [0.25, 0.3) is 0 Å². The van der Waals surface area contributed by atoms with Gasteiger partial charge in [-0.3, -0.25) is 0 Å². The summed E-state index contributed by atoms with van der Waals surface area (Å²) < 4.78 is 7.75. The van der Waals surface area contributed by atoms with E-state index in [0.29, 0.717) is 6.54 Å². The monoisotopic (exact) mass is 540 g/mol. The first-order valence-electron chi connectivity index (χ1n) is 11.1. The van der Waals surface area contributed by atoms with Crippen LogP contribution in [0, 0.1) is 6.92 Å². The average Bonchev–Trinajstić information content (AvgIpc) is 3.42. The molecule has 0 spiro atoms. The Morgan fingerprint density at radius 2 is 1.94 bits per heavy atom. The Morgan fingerprint density at radius 1 is 1.19 bits per heavy atom. The second kappa shape index (κ2) is 12.4. The number of hydrogen-bond donors (Lipinski definition) is 2. The second-order valence-corrected chi connectivity index (χ2v) is 8.11. The SMILES string of the molecule is CCC(CC)(CNC(=NCc1nnc(C)n1C)NCC1CCCO1)c1ccccc1.I. The molecule has 0 saturated carbocycles. The molecule has 2 aromatic rings. The van der Waals surface area contributed by atoms with Gasteiger partial charge in [-0.1, -0.05) is 44.2 Å². The van der Waals surface area contributed by atoms with Gasteiger partial charge in [-0.15, -0.1) is 34.2 Å². The summed E-state index contributed by atoms with van der Waals surface area (Å²) in [5, 5.41) is 15.5. The van der Waals surface area contributed by atoms with Gasteiger partial charge in [-0.05, 0) is 38.2 Å². The highest BCUT2D eigenvalue weighted by Gasteiger charge is 2.28. The van der Waals surface area contributed by atoms with E-state index in [-0.39, 0.29) is 35.5 Å². The predicted molar refractivity (Wildman–Crippen MR) is 136 cm³/mol. The highest BCUT2D eigenvalue weighted by molar-refractivity contribution is 14.0. The van der Waals surface area contributed by atoms with Crippen LogP contribution in [0.4, 0.5) is 0 Å². The van der Waals surface area contributed by atoms with Crippen LogP contribution in [-0.4, -0.2) is 46.5 Å². The molecule has 31 heavy (non-hydrogen) atoms. The van der Waals surface area contributed by atoms with Crippen LogP contribution in [0.1, 0.15) is 56.7 Å². The molecule has 0 aliphatic carbocycles. The maximum atomic E-state index is 5.77. The number of aromatic nitrogens is 3. The normalized spacial score (nSPS) is 16.8. The molecule has 0 amide bonds. The van der Waals surface area contributed by atoms with Crippen LogP contribution < -0.4 is 10.6 Å². The Kier molecular flexibility index (Phi) is 10.2. The second-order valence-electron chi connectivity index (χ2n) is 8.11. The van der Waals surface area contributed by atoms with Gasteiger partial charge in [0.15, 0.2) is 11.8 Å². The first kappa shape index (κ1) is 25.6. The van der Waals surface area contributed by atoms with Crippen LogP contribution in [0.5, 0.6) is 0 Å². The van der Waals surface area contributed by atoms with Crippen molar-refractivity contribution in [2.45, 2.75) is 64.5 Å². The van der Waals surface area contributed by atoms with Crippen LogP contribution >= 0.6 is 24.0 Å². The summed E-state index contributed by atoms with van der Waals surface area (Å²) in [4.78, 5) is 4.81. The predicted octanol–water partition coefficient (Wildman–Crippen LogP) is 3.71. The molecule has 0 radical (unpaired) electrons. The van der Waals surface area contributed by atoms with Gasteiger partial charge in [0.25, 0.3) is 0 Å². The van der Waals surface area contributed by atoms with Crippen LogP contribution in [-0.2, 0) is 23.7 Å². The molecule has 1 aromatic heterocycles. The molecule has 172 valence electrons. The first-order chi connectivity index (χ1) is 14.6. The van der Waals surface area contributed by atoms with Gasteiger partial charge >= 0.3 is 0 Å². The molecule has 0 bridgehead atoms. The number of benzene rings is 1. The number of hydrogen-bond acceptors (Lipinski definition) is 4. The van der Waals surface area contributed by atoms with Gasteiger partial charge in [-0.2, -0.15) is 0 Å². The smallest absolute Gasteiger partial charge is 0.191 e. The van der Waals surface area contributed by atoms with Crippen LogP contribution in [0.15, 0.2) is 35.3 Å². The lowest BCUT2D eigenvalue weighted by Crippen LogP contribution is -2.47.